The first-order valence-corrected chi connectivity index (χ1v) is 6.65. The Morgan fingerprint density at radius 2 is 1.94 bits per heavy atom. The molecule has 1 unspecified atom stereocenters. The molecule has 1 aliphatic carbocycles. The molecule has 1 aliphatic rings. The predicted molar refractivity (Wildman–Crippen MR) is 73.3 cm³/mol. The molecule has 1 aromatic rings. The van der Waals surface area contributed by atoms with Gasteiger partial charge in [0.2, 0.25) is 0 Å². The maximum Gasteiger partial charge on any atom is 0.0406 e. The van der Waals surface area contributed by atoms with Crippen molar-refractivity contribution in [3.05, 3.63) is 34.9 Å². The summed E-state index contributed by atoms with van der Waals surface area (Å²) < 4.78 is 0. The Kier molecular flexibility index (Phi) is 3.76. The van der Waals surface area contributed by atoms with Gasteiger partial charge in [-0.05, 0) is 50.9 Å². The van der Waals surface area contributed by atoms with Crippen LogP contribution < -0.4 is 5.73 Å². The Morgan fingerprint density at radius 3 is 2.35 bits per heavy atom. The van der Waals surface area contributed by atoms with Crippen LogP contribution in [-0.4, -0.2) is 24.0 Å². The molecule has 2 nitrogen and oxygen atoms in total. The molecule has 0 amide bonds. The van der Waals surface area contributed by atoms with Gasteiger partial charge in [-0.1, -0.05) is 23.7 Å². The van der Waals surface area contributed by atoms with Gasteiger partial charge >= 0.3 is 0 Å². The molecule has 1 atom stereocenters. The smallest absolute Gasteiger partial charge is 0.0406 e. The third kappa shape index (κ3) is 2.35. The van der Waals surface area contributed by atoms with Gasteiger partial charge in [-0.15, -0.1) is 0 Å². The van der Waals surface area contributed by atoms with Crippen LogP contribution in [0.5, 0.6) is 0 Å². The minimum atomic E-state index is 0.221. The summed E-state index contributed by atoms with van der Waals surface area (Å²) in [7, 11) is 2.19. The molecule has 1 aromatic carbocycles. The van der Waals surface area contributed by atoms with Gasteiger partial charge in [-0.25, -0.2) is 0 Å². The quantitative estimate of drug-likeness (QED) is 0.892. The second-order valence-electron chi connectivity index (χ2n) is 5.12. The third-order valence-corrected chi connectivity index (χ3v) is 4.60. The Labute approximate surface area is 109 Å². The zero-order chi connectivity index (χ0) is 12.5. The second kappa shape index (κ2) is 4.97. The van der Waals surface area contributed by atoms with E-state index in [-0.39, 0.29) is 5.54 Å². The van der Waals surface area contributed by atoms with Crippen LogP contribution in [0, 0.1) is 0 Å². The van der Waals surface area contributed by atoms with E-state index in [1.54, 1.807) is 0 Å². The zero-order valence-electron chi connectivity index (χ0n) is 10.6. The molecular formula is C14H21ClN2. The van der Waals surface area contributed by atoms with Crippen molar-refractivity contribution < 1.29 is 0 Å². The Morgan fingerprint density at radius 1 is 1.35 bits per heavy atom. The molecule has 0 aromatic heterocycles. The van der Waals surface area contributed by atoms with Crippen molar-refractivity contribution in [3.63, 3.8) is 0 Å². The van der Waals surface area contributed by atoms with Crippen LogP contribution in [-0.2, 0) is 0 Å². The highest BCUT2D eigenvalue weighted by Gasteiger charge is 2.41. The molecule has 1 saturated carbocycles. The van der Waals surface area contributed by atoms with Gasteiger partial charge in [-0.2, -0.15) is 0 Å². The maximum absolute atomic E-state index is 5.95. The summed E-state index contributed by atoms with van der Waals surface area (Å²) in [5, 5.41) is 0.792. The molecule has 0 heterocycles. The van der Waals surface area contributed by atoms with E-state index in [1.165, 1.54) is 24.8 Å². The second-order valence-corrected chi connectivity index (χ2v) is 5.56. The normalized spacial score (nSPS) is 20.1. The number of halogens is 1. The van der Waals surface area contributed by atoms with Gasteiger partial charge in [0, 0.05) is 23.1 Å². The van der Waals surface area contributed by atoms with E-state index < -0.39 is 0 Å². The van der Waals surface area contributed by atoms with Gasteiger partial charge in [0.25, 0.3) is 0 Å². The van der Waals surface area contributed by atoms with Gasteiger partial charge in [0.1, 0.15) is 0 Å². The molecule has 0 bridgehead atoms. The minimum absolute atomic E-state index is 0.221. The van der Waals surface area contributed by atoms with Crippen molar-refractivity contribution in [2.75, 3.05) is 13.6 Å². The SMILES string of the molecule is CC(c1ccc(Cl)cc1)N(C)C1(CN)CCC1. The van der Waals surface area contributed by atoms with Crippen LogP contribution >= 0.6 is 11.6 Å². The molecular weight excluding hydrogens is 232 g/mol. The lowest BCUT2D eigenvalue weighted by molar-refractivity contribution is 0.0163. The lowest BCUT2D eigenvalue weighted by Gasteiger charge is -2.50. The first kappa shape index (κ1) is 12.9. The Bertz CT molecular complexity index is 365. The number of benzene rings is 1. The van der Waals surface area contributed by atoms with E-state index in [9.17, 15) is 0 Å². The number of hydrogen-bond donors (Lipinski definition) is 1. The molecule has 1 fully saturated rings. The first-order valence-electron chi connectivity index (χ1n) is 6.27. The summed E-state index contributed by atoms with van der Waals surface area (Å²) in [6, 6.07) is 8.50. The van der Waals surface area contributed by atoms with Gasteiger partial charge in [0.15, 0.2) is 0 Å². The van der Waals surface area contributed by atoms with Crippen LogP contribution in [0.3, 0.4) is 0 Å². The van der Waals surface area contributed by atoms with Gasteiger partial charge < -0.3 is 5.73 Å². The molecule has 94 valence electrons. The summed E-state index contributed by atoms with van der Waals surface area (Å²) in [6.07, 6.45) is 3.74. The first-order chi connectivity index (χ1) is 8.09. The number of nitrogens with zero attached hydrogens (tertiary/aromatic N) is 1. The third-order valence-electron chi connectivity index (χ3n) is 4.35. The molecule has 0 aliphatic heterocycles. The average Bonchev–Trinajstić information content (AvgIpc) is 2.28. The predicted octanol–water partition coefficient (Wildman–Crippen LogP) is 3.21. The fourth-order valence-electron chi connectivity index (χ4n) is 2.66. The summed E-state index contributed by atoms with van der Waals surface area (Å²) in [4.78, 5) is 2.43. The largest absolute Gasteiger partial charge is 0.329 e. The Balaban J connectivity index is 2.14. The molecule has 0 saturated heterocycles. The van der Waals surface area contributed by atoms with Crippen molar-refractivity contribution in [1.82, 2.24) is 4.90 Å². The number of rotatable bonds is 4. The van der Waals surface area contributed by atoms with Crippen molar-refractivity contribution in [1.29, 1.82) is 0 Å². The van der Waals surface area contributed by atoms with E-state index in [0.29, 0.717) is 6.04 Å². The van der Waals surface area contributed by atoms with Crippen molar-refractivity contribution >= 4 is 11.6 Å². The van der Waals surface area contributed by atoms with E-state index in [0.717, 1.165) is 11.6 Å². The van der Waals surface area contributed by atoms with Gasteiger partial charge in [0.05, 0.1) is 0 Å². The fourth-order valence-corrected chi connectivity index (χ4v) is 2.79. The molecule has 2 N–H and O–H groups in total. The van der Waals surface area contributed by atoms with Crippen LogP contribution in [0.1, 0.15) is 37.8 Å². The van der Waals surface area contributed by atoms with Crippen LogP contribution in [0.15, 0.2) is 24.3 Å². The number of nitrogens with two attached hydrogens (primary N) is 1. The summed E-state index contributed by atoms with van der Waals surface area (Å²) >= 11 is 5.92. The van der Waals surface area contributed by atoms with E-state index in [4.69, 9.17) is 17.3 Å². The van der Waals surface area contributed by atoms with Gasteiger partial charge in [-0.3, -0.25) is 4.90 Å². The van der Waals surface area contributed by atoms with E-state index in [2.05, 4.69) is 31.0 Å². The number of likely N-dealkylation sites (N-methyl/N-ethyl adjacent to an activating group) is 1. The average molecular weight is 253 g/mol. The lowest BCUT2D eigenvalue weighted by Crippen LogP contribution is -2.57. The highest BCUT2D eigenvalue weighted by Crippen LogP contribution is 2.40. The summed E-state index contributed by atoms with van der Waals surface area (Å²) in [6.45, 7) is 2.99. The fraction of sp³-hybridized carbons (Fsp3) is 0.571. The van der Waals surface area contributed by atoms with Crippen LogP contribution in [0.4, 0.5) is 0 Å². The number of hydrogen-bond acceptors (Lipinski definition) is 2. The molecule has 3 heteroatoms. The monoisotopic (exact) mass is 252 g/mol. The molecule has 2 rings (SSSR count). The molecule has 17 heavy (non-hydrogen) atoms. The van der Waals surface area contributed by atoms with Crippen molar-refractivity contribution in [2.45, 2.75) is 37.8 Å². The summed E-state index contributed by atoms with van der Waals surface area (Å²) in [5.41, 5.74) is 7.47. The van der Waals surface area contributed by atoms with E-state index >= 15 is 0 Å². The standard InChI is InChI=1S/C14H21ClN2/c1-11(12-4-6-13(15)7-5-12)17(2)14(10-16)8-3-9-14/h4-7,11H,3,8-10,16H2,1-2H3. The van der Waals surface area contributed by atoms with Crippen molar-refractivity contribution in [2.24, 2.45) is 5.73 Å². The highest BCUT2D eigenvalue weighted by atomic mass is 35.5. The zero-order valence-corrected chi connectivity index (χ0v) is 11.4. The lowest BCUT2D eigenvalue weighted by atomic mass is 9.74. The minimum Gasteiger partial charge on any atom is -0.329 e. The maximum atomic E-state index is 5.95. The Hall–Kier alpha value is -0.570. The van der Waals surface area contributed by atoms with Crippen molar-refractivity contribution in [3.8, 4) is 0 Å². The topological polar surface area (TPSA) is 29.3 Å². The molecule has 0 radical (unpaired) electrons. The molecule has 0 spiro atoms. The van der Waals surface area contributed by atoms with Crippen LogP contribution in [0.2, 0.25) is 5.02 Å². The summed E-state index contributed by atoms with van der Waals surface area (Å²) in [5.74, 6) is 0. The highest BCUT2D eigenvalue weighted by molar-refractivity contribution is 6.30. The van der Waals surface area contributed by atoms with Crippen LogP contribution in [0.25, 0.3) is 0 Å². The van der Waals surface area contributed by atoms with E-state index in [1.807, 2.05) is 12.1 Å².